The third-order valence-corrected chi connectivity index (χ3v) is 5.50. The molecule has 0 unspecified atom stereocenters. The maximum atomic E-state index is 13.0. The molecule has 1 aliphatic heterocycles. The molecule has 1 fully saturated rings. The minimum atomic E-state index is -0.333. The van der Waals surface area contributed by atoms with E-state index in [1.54, 1.807) is 22.4 Å². The molecule has 0 bridgehead atoms. The molecular formula is C17H14FN5O2S2. The van der Waals surface area contributed by atoms with Crippen molar-refractivity contribution in [3.8, 4) is 11.4 Å². The molecule has 1 N–H and O–H groups in total. The molecule has 0 spiro atoms. The molecule has 0 saturated carbocycles. The fourth-order valence-electron chi connectivity index (χ4n) is 2.67. The number of hydrogen-bond acceptors (Lipinski definition) is 7. The third-order valence-electron chi connectivity index (χ3n) is 3.96. The van der Waals surface area contributed by atoms with Crippen LogP contribution in [0.3, 0.4) is 0 Å². The van der Waals surface area contributed by atoms with E-state index in [-0.39, 0.29) is 24.1 Å². The van der Waals surface area contributed by atoms with Gasteiger partial charge in [-0.3, -0.25) is 14.5 Å². The van der Waals surface area contributed by atoms with Crippen LogP contribution in [0.4, 0.5) is 14.7 Å². The lowest BCUT2D eigenvalue weighted by Gasteiger charge is -2.10. The Bertz CT molecular complexity index is 985. The average molecular weight is 403 g/mol. The van der Waals surface area contributed by atoms with E-state index in [9.17, 15) is 14.0 Å². The normalized spacial score (nSPS) is 14.0. The molecule has 10 heteroatoms. The highest BCUT2D eigenvalue weighted by Crippen LogP contribution is 2.26. The average Bonchev–Trinajstić information content (AvgIpc) is 3.37. The van der Waals surface area contributed by atoms with Gasteiger partial charge in [0.2, 0.25) is 16.9 Å². The highest BCUT2D eigenvalue weighted by molar-refractivity contribution is 7.14. The lowest BCUT2D eigenvalue weighted by molar-refractivity contribution is -0.117. The zero-order valence-electron chi connectivity index (χ0n) is 14.0. The number of thiazole rings is 1. The highest BCUT2D eigenvalue weighted by atomic mass is 32.1. The van der Waals surface area contributed by atoms with Crippen LogP contribution in [0.1, 0.15) is 18.5 Å². The third kappa shape index (κ3) is 4.01. The molecule has 1 aromatic carbocycles. The Morgan fingerprint density at radius 2 is 2.07 bits per heavy atom. The van der Waals surface area contributed by atoms with Gasteiger partial charge in [-0.1, -0.05) is 0 Å². The first-order valence-electron chi connectivity index (χ1n) is 8.23. The molecule has 4 rings (SSSR count). The first kappa shape index (κ1) is 17.7. The molecule has 3 heterocycles. The molecular weight excluding hydrogens is 389 g/mol. The molecule has 138 valence electrons. The van der Waals surface area contributed by atoms with Crippen molar-refractivity contribution in [2.45, 2.75) is 19.3 Å². The van der Waals surface area contributed by atoms with E-state index in [4.69, 9.17) is 0 Å². The predicted octanol–water partition coefficient (Wildman–Crippen LogP) is 3.11. The van der Waals surface area contributed by atoms with E-state index in [2.05, 4.69) is 19.7 Å². The summed E-state index contributed by atoms with van der Waals surface area (Å²) in [4.78, 5) is 34.3. The highest BCUT2D eigenvalue weighted by Gasteiger charge is 2.24. The summed E-state index contributed by atoms with van der Waals surface area (Å²) in [7, 11) is 0. The number of carbonyl (C=O) groups is 2. The molecule has 2 amide bonds. The molecule has 1 saturated heterocycles. The summed E-state index contributed by atoms with van der Waals surface area (Å²) in [5.74, 6) is -0.0940. The van der Waals surface area contributed by atoms with Crippen LogP contribution in [-0.2, 0) is 16.0 Å². The van der Waals surface area contributed by atoms with Crippen molar-refractivity contribution >= 4 is 44.9 Å². The summed E-state index contributed by atoms with van der Waals surface area (Å²) in [6.45, 7) is 0.676. The van der Waals surface area contributed by atoms with Gasteiger partial charge in [0.05, 0.1) is 12.1 Å². The van der Waals surface area contributed by atoms with Crippen molar-refractivity contribution < 1.29 is 14.0 Å². The monoisotopic (exact) mass is 403 g/mol. The second-order valence-electron chi connectivity index (χ2n) is 5.93. The van der Waals surface area contributed by atoms with Crippen LogP contribution < -0.4 is 10.2 Å². The summed E-state index contributed by atoms with van der Waals surface area (Å²) in [5.41, 5.74) is 1.28. The number of amides is 2. The van der Waals surface area contributed by atoms with Crippen LogP contribution in [0.2, 0.25) is 0 Å². The van der Waals surface area contributed by atoms with Crippen molar-refractivity contribution in [1.29, 1.82) is 0 Å². The summed E-state index contributed by atoms with van der Waals surface area (Å²) in [6.07, 6.45) is 1.47. The molecule has 0 aliphatic carbocycles. The van der Waals surface area contributed by atoms with Crippen LogP contribution >= 0.6 is 22.9 Å². The van der Waals surface area contributed by atoms with E-state index in [0.717, 1.165) is 18.0 Å². The number of aromatic nitrogens is 3. The van der Waals surface area contributed by atoms with Crippen molar-refractivity contribution in [1.82, 2.24) is 14.3 Å². The molecule has 3 aromatic rings. The number of nitrogens with zero attached hydrogens (tertiary/aromatic N) is 4. The van der Waals surface area contributed by atoms with E-state index in [1.165, 1.54) is 23.5 Å². The number of anilines is 2. The Morgan fingerprint density at radius 3 is 2.81 bits per heavy atom. The summed E-state index contributed by atoms with van der Waals surface area (Å²) in [5, 5.41) is 5.48. The minimum absolute atomic E-state index is 0.0718. The van der Waals surface area contributed by atoms with Crippen molar-refractivity contribution in [2.24, 2.45) is 0 Å². The second kappa shape index (κ2) is 7.49. The summed E-state index contributed by atoms with van der Waals surface area (Å²) in [6, 6.07) is 5.83. The number of rotatable bonds is 5. The lowest BCUT2D eigenvalue weighted by Crippen LogP contribution is -2.23. The molecule has 0 radical (unpaired) electrons. The SMILES string of the molecule is O=C(Cc1csc(N2CCCC2=O)n1)Nc1nc(-c2ccc(F)cc2)ns1. The summed E-state index contributed by atoms with van der Waals surface area (Å²) < 4.78 is 17.2. The van der Waals surface area contributed by atoms with Gasteiger partial charge in [0, 0.05) is 35.4 Å². The number of halogens is 1. The fourth-order valence-corrected chi connectivity index (χ4v) is 4.14. The minimum Gasteiger partial charge on any atom is -0.300 e. The second-order valence-corrected chi connectivity index (χ2v) is 7.51. The largest absolute Gasteiger partial charge is 0.300 e. The van der Waals surface area contributed by atoms with Crippen LogP contribution in [0.5, 0.6) is 0 Å². The Hall–Kier alpha value is -2.72. The first-order chi connectivity index (χ1) is 13.1. The fraction of sp³-hybridized carbons (Fsp3) is 0.235. The maximum absolute atomic E-state index is 13.0. The number of carbonyl (C=O) groups excluding carboxylic acids is 2. The van der Waals surface area contributed by atoms with Gasteiger partial charge in [-0.05, 0) is 30.7 Å². The number of nitrogens with one attached hydrogen (secondary N) is 1. The van der Waals surface area contributed by atoms with Gasteiger partial charge in [0.15, 0.2) is 11.0 Å². The van der Waals surface area contributed by atoms with E-state index < -0.39 is 0 Å². The van der Waals surface area contributed by atoms with Crippen LogP contribution in [-0.4, -0.2) is 32.7 Å². The van der Waals surface area contributed by atoms with Crippen molar-refractivity contribution in [3.05, 3.63) is 41.2 Å². The number of benzene rings is 1. The predicted molar refractivity (Wildman–Crippen MR) is 101 cm³/mol. The Balaban J connectivity index is 1.38. The molecule has 2 aromatic heterocycles. The van der Waals surface area contributed by atoms with Crippen molar-refractivity contribution in [2.75, 3.05) is 16.8 Å². The van der Waals surface area contributed by atoms with Crippen LogP contribution in [0.15, 0.2) is 29.6 Å². The van der Waals surface area contributed by atoms with E-state index in [0.29, 0.717) is 40.3 Å². The standard InChI is InChI=1S/C17H14FN5O2S2/c18-11-5-3-10(4-6-11)15-21-16(27-22-15)20-13(24)8-12-9-26-17(19-12)23-7-1-2-14(23)25/h3-6,9H,1-2,7-8H2,(H,20,21,22,24). The Kier molecular flexibility index (Phi) is 4.90. The van der Waals surface area contributed by atoms with Gasteiger partial charge >= 0.3 is 0 Å². The zero-order valence-corrected chi connectivity index (χ0v) is 15.6. The maximum Gasteiger partial charge on any atom is 0.232 e. The quantitative estimate of drug-likeness (QED) is 0.707. The molecule has 0 atom stereocenters. The van der Waals surface area contributed by atoms with Gasteiger partial charge in [0.25, 0.3) is 0 Å². The van der Waals surface area contributed by atoms with Crippen molar-refractivity contribution in [3.63, 3.8) is 0 Å². The van der Waals surface area contributed by atoms with Crippen LogP contribution in [0, 0.1) is 5.82 Å². The van der Waals surface area contributed by atoms with E-state index in [1.807, 2.05) is 0 Å². The Labute approximate surface area is 162 Å². The topological polar surface area (TPSA) is 88.1 Å². The van der Waals surface area contributed by atoms with Gasteiger partial charge in [-0.2, -0.15) is 9.36 Å². The van der Waals surface area contributed by atoms with Gasteiger partial charge < -0.3 is 5.32 Å². The van der Waals surface area contributed by atoms with E-state index >= 15 is 0 Å². The molecule has 27 heavy (non-hydrogen) atoms. The van der Waals surface area contributed by atoms with Gasteiger partial charge in [-0.25, -0.2) is 9.37 Å². The molecule has 1 aliphatic rings. The van der Waals surface area contributed by atoms with Crippen LogP contribution in [0.25, 0.3) is 11.4 Å². The van der Waals surface area contributed by atoms with Gasteiger partial charge in [-0.15, -0.1) is 11.3 Å². The lowest BCUT2D eigenvalue weighted by atomic mass is 10.2. The first-order valence-corrected chi connectivity index (χ1v) is 9.88. The number of hydrogen-bond donors (Lipinski definition) is 1. The Morgan fingerprint density at radius 1 is 1.26 bits per heavy atom. The summed E-state index contributed by atoms with van der Waals surface area (Å²) >= 11 is 2.42. The smallest absolute Gasteiger partial charge is 0.232 e. The molecule has 7 nitrogen and oxygen atoms in total. The van der Waals surface area contributed by atoms with Gasteiger partial charge in [0.1, 0.15) is 5.82 Å². The zero-order chi connectivity index (χ0) is 18.8.